The van der Waals surface area contributed by atoms with Crippen LogP contribution in [0.3, 0.4) is 0 Å². The largest absolute Gasteiger partial charge is 0.395 e. The number of hydrogen-bond acceptors (Lipinski definition) is 4. The molecule has 0 atom stereocenters. The van der Waals surface area contributed by atoms with Crippen molar-refractivity contribution in [1.29, 1.82) is 0 Å². The lowest BCUT2D eigenvalue weighted by Crippen LogP contribution is -2.35. The van der Waals surface area contributed by atoms with E-state index in [1.165, 1.54) is 40.7 Å². The second-order valence-electron chi connectivity index (χ2n) is 6.18. The zero-order chi connectivity index (χ0) is 19.6. The number of amides is 1. The van der Waals surface area contributed by atoms with Crippen molar-refractivity contribution in [2.24, 2.45) is 0 Å². The third kappa shape index (κ3) is 4.47. The van der Waals surface area contributed by atoms with Crippen LogP contribution in [0.15, 0.2) is 47.4 Å². The number of nitrogens with one attached hydrogen (secondary N) is 1. The fraction of sp³-hybridized carbons (Fsp3) is 0.278. The summed E-state index contributed by atoms with van der Waals surface area (Å²) in [6.45, 7) is -0.272. The highest BCUT2D eigenvalue weighted by atomic mass is 35.5. The summed E-state index contributed by atoms with van der Waals surface area (Å²) in [5.41, 5.74) is 0.321. The van der Waals surface area contributed by atoms with Crippen LogP contribution in [0.2, 0.25) is 5.02 Å². The maximum absolute atomic E-state index is 13.5. The van der Waals surface area contributed by atoms with Crippen molar-refractivity contribution >= 4 is 33.2 Å². The maximum atomic E-state index is 13.5. The minimum atomic E-state index is -3.83. The summed E-state index contributed by atoms with van der Waals surface area (Å²) in [6.07, 6.45) is 1.50. The van der Waals surface area contributed by atoms with Gasteiger partial charge in [-0.05, 0) is 49.2 Å². The highest BCUT2D eigenvalue weighted by Crippen LogP contribution is 2.32. The summed E-state index contributed by atoms with van der Waals surface area (Å²) in [7, 11) is -3.83. The molecule has 1 saturated carbocycles. The Balaban J connectivity index is 1.83. The minimum Gasteiger partial charge on any atom is -0.395 e. The van der Waals surface area contributed by atoms with Gasteiger partial charge in [-0.15, -0.1) is 0 Å². The molecule has 2 aromatic rings. The Bertz CT molecular complexity index is 964. The average Bonchev–Trinajstić information content (AvgIpc) is 3.47. The quantitative estimate of drug-likeness (QED) is 0.732. The van der Waals surface area contributed by atoms with E-state index in [4.69, 9.17) is 16.7 Å². The Morgan fingerprint density at radius 1 is 1.26 bits per heavy atom. The molecule has 6 nitrogen and oxygen atoms in total. The van der Waals surface area contributed by atoms with Crippen LogP contribution in [-0.2, 0) is 10.0 Å². The highest BCUT2D eigenvalue weighted by Gasteiger charge is 2.37. The topological polar surface area (TPSA) is 86.7 Å². The van der Waals surface area contributed by atoms with E-state index in [1.807, 2.05) is 0 Å². The van der Waals surface area contributed by atoms with Gasteiger partial charge in [-0.25, -0.2) is 12.8 Å². The zero-order valence-corrected chi connectivity index (χ0v) is 15.8. The van der Waals surface area contributed by atoms with Gasteiger partial charge in [0.15, 0.2) is 0 Å². The molecule has 0 saturated heterocycles. The monoisotopic (exact) mass is 412 g/mol. The maximum Gasteiger partial charge on any atom is 0.255 e. The van der Waals surface area contributed by atoms with E-state index < -0.39 is 21.7 Å². The van der Waals surface area contributed by atoms with Crippen molar-refractivity contribution in [2.75, 3.05) is 18.5 Å². The van der Waals surface area contributed by atoms with Crippen molar-refractivity contribution in [3.8, 4) is 0 Å². The van der Waals surface area contributed by atoms with E-state index in [0.29, 0.717) is 0 Å². The number of halogens is 2. The van der Waals surface area contributed by atoms with Crippen LogP contribution in [0.1, 0.15) is 23.2 Å². The Morgan fingerprint density at radius 3 is 2.63 bits per heavy atom. The number of hydrogen-bond donors (Lipinski definition) is 2. The fourth-order valence-electron chi connectivity index (χ4n) is 2.67. The molecule has 144 valence electrons. The number of nitrogens with zero attached hydrogens (tertiary/aromatic N) is 1. The third-order valence-corrected chi connectivity index (χ3v) is 6.41. The van der Waals surface area contributed by atoms with Crippen molar-refractivity contribution in [3.63, 3.8) is 0 Å². The van der Waals surface area contributed by atoms with Crippen LogP contribution in [-0.4, -0.2) is 42.9 Å². The number of anilines is 1. The van der Waals surface area contributed by atoms with Gasteiger partial charge < -0.3 is 10.4 Å². The predicted molar refractivity (Wildman–Crippen MR) is 99.8 cm³/mol. The minimum absolute atomic E-state index is 0.00742. The van der Waals surface area contributed by atoms with Gasteiger partial charge in [-0.2, -0.15) is 4.31 Å². The number of aliphatic hydroxyl groups is 1. The van der Waals surface area contributed by atoms with Crippen LogP contribution >= 0.6 is 11.6 Å². The van der Waals surface area contributed by atoms with Gasteiger partial charge in [0.1, 0.15) is 5.82 Å². The third-order valence-electron chi connectivity index (χ3n) is 4.15. The molecule has 2 N–H and O–H groups in total. The Kier molecular flexibility index (Phi) is 5.81. The molecule has 1 amide bonds. The van der Waals surface area contributed by atoms with E-state index in [9.17, 15) is 17.6 Å². The van der Waals surface area contributed by atoms with Crippen molar-refractivity contribution in [2.45, 2.75) is 23.8 Å². The summed E-state index contributed by atoms with van der Waals surface area (Å²) < 4.78 is 40.4. The van der Waals surface area contributed by atoms with Crippen LogP contribution in [0.4, 0.5) is 10.1 Å². The molecule has 9 heteroatoms. The molecule has 3 rings (SSSR count). The first-order chi connectivity index (χ1) is 12.8. The fourth-order valence-corrected chi connectivity index (χ4v) is 4.51. The Labute approximate surface area is 161 Å². The van der Waals surface area contributed by atoms with Gasteiger partial charge in [0, 0.05) is 23.8 Å². The van der Waals surface area contributed by atoms with E-state index >= 15 is 0 Å². The van der Waals surface area contributed by atoms with Gasteiger partial charge >= 0.3 is 0 Å². The predicted octanol–water partition coefficient (Wildman–Crippen LogP) is 2.88. The second-order valence-corrected chi connectivity index (χ2v) is 8.48. The number of carbonyl (C=O) groups excluding carboxylic acids is 1. The second kappa shape index (κ2) is 7.93. The van der Waals surface area contributed by atoms with Gasteiger partial charge in [0.2, 0.25) is 10.0 Å². The number of rotatable bonds is 7. The summed E-state index contributed by atoms with van der Waals surface area (Å²) in [4.78, 5) is 12.4. The molecule has 1 fully saturated rings. The molecule has 1 aliphatic carbocycles. The van der Waals surface area contributed by atoms with Crippen LogP contribution in [0, 0.1) is 5.82 Å². The number of benzene rings is 2. The zero-order valence-electron chi connectivity index (χ0n) is 14.2. The summed E-state index contributed by atoms with van der Waals surface area (Å²) in [5, 5.41) is 11.6. The lowest BCUT2D eigenvalue weighted by atomic mass is 10.2. The van der Waals surface area contributed by atoms with Crippen LogP contribution < -0.4 is 5.32 Å². The molecule has 1 aliphatic rings. The molecular weight excluding hydrogens is 395 g/mol. The standard InChI is InChI=1S/C18H18ClFN2O4S/c19-16-7-4-13(11-17(16)20)21-18(24)12-2-1-3-15(10-12)27(25,26)22(8-9-23)14-5-6-14/h1-4,7,10-11,14,23H,5-6,8-9H2,(H,21,24). The van der Waals surface area contributed by atoms with Gasteiger partial charge in [0.25, 0.3) is 5.91 Å². The van der Waals surface area contributed by atoms with Gasteiger partial charge in [-0.3, -0.25) is 4.79 Å². The molecule has 0 aliphatic heterocycles. The van der Waals surface area contributed by atoms with E-state index in [2.05, 4.69) is 5.32 Å². The molecular formula is C18H18ClFN2O4S. The van der Waals surface area contributed by atoms with E-state index in [0.717, 1.165) is 18.9 Å². The molecule has 0 aromatic heterocycles. The molecule has 0 unspecified atom stereocenters. The molecule has 0 heterocycles. The van der Waals surface area contributed by atoms with Crippen molar-refractivity contribution in [3.05, 3.63) is 58.9 Å². The number of sulfonamides is 1. The van der Waals surface area contributed by atoms with E-state index in [-0.39, 0.29) is 40.4 Å². The summed E-state index contributed by atoms with van der Waals surface area (Å²) in [6, 6.07) is 9.33. The van der Waals surface area contributed by atoms with Crippen molar-refractivity contribution < 1.29 is 22.7 Å². The number of carbonyl (C=O) groups is 1. The van der Waals surface area contributed by atoms with Gasteiger partial charge in [-0.1, -0.05) is 17.7 Å². The Hall–Kier alpha value is -2.00. The average molecular weight is 413 g/mol. The van der Waals surface area contributed by atoms with E-state index in [1.54, 1.807) is 0 Å². The SMILES string of the molecule is O=C(Nc1ccc(Cl)c(F)c1)c1cccc(S(=O)(=O)N(CCO)C2CC2)c1. The normalized spacial score (nSPS) is 14.4. The van der Waals surface area contributed by atoms with Crippen LogP contribution in [0.5, 0.6) is 0 Å². The first-order valence-corrected chi connectivity index (χ1v) is 10.1. The highest BCUT2D eigenvalue weighted by molar-refractivity contribution is 7.89. The Morgan fingerprint density at radius 2 is 2.00 bits per heavy atom. The summed E-state index contributed by atoms with van der Waals surface area (Å²) in [5.74, 6) is -1.25. The lowest BCUT2D eigenvalue weighted by molar-refractivity contribution is 0.102. The summed E-state index contributed by atoms with van der Waals surface area (Å²) >= 11 is 5.61. The molecule has 0 spiro atoms. The van der Waals surface area contributed by atoms with Crippen molar-refractivity contribution in [1.82, 2.24) is 4.31 Å². The molecule has 2 aromatic carbocycles. The number of aliphatic hydroxyl groups excluding tert-OH is 1. The molecule has 0 radical (unpaired) electrons. The first-order valence-electron chi connectivity index (χ1n) is 8.32. The lowest BCUT2D eigenvalue weighted by Gasteiger charge is -2.21. The first kappa shape index (κ1) is 19.8. The van der Waals surface area contributed by atoms with Crippen LogP contribution in [0.25, 0.3) is 0 Å². The molecule has 27 heavy (non-hydrogen) atoms. The molecule has 0 bridgehead atoms. The smallest absolute Gasteiger partial charge is 0.255 e. The van der Waals surface area contributed by atoms with Gasteiger partial charge in [0.05, 0.1) is 16.5 Å².